The quantitative estimate of drug-likeness (QED) is 0.742. The van der Waals surface area contributed by atoms with E-state index in [0.717, 1.165) is 55.7 Å². The maximum absolute atomic E-state index is 12.4. The van der Waals surface area contributed by atoms with E-state index in [2.05, 4.69) is 30.0 Å². The number of piperidine rings is 1. The highest BCUT2D eigenvalue weighted by Gasteiger charge is 2.37. The summed E-state index contributed by atoms with van der Waals surface area (Å²) in [7, 11) is 3.52. The van der Waals surface area contributed by atoms with Crippen LogP contribution in [0.25, 0.3) is 11.1 Å². The van der Waals surface area contributed by atoms with Gasteiger partial charge in [-0.1, -0.05) is 30.3 Å². The highest BCUT2D eigenvalue weighted by Crippen LogP contribution is 2.34. The Hall–Kier alpha value is -3.35. The van der Waals surface area contributed by atoms with E-state index in [1.54, 1.807) is 25.9 Å². The molecule has 1 atom stereocenters. The monoisotopic (exact) mass is 461 g/mol. The number of aliphatic imine (C=N–C) groups is 1. The lowest BCUT2D eigenvalue weighted by molar-refractivity contribution is -0.130. The summed E-state index contributed by atoms with van der Waals surface area (Å²) in [6, 6.07) is 16.1. The van der Waals surface area contributed by atoms with Crippen molar-refractivity contribution in [3.8, 4) is 11.1 Å². The smallest absolute Gasteiger partial charge is 0.253 e. The van der Waals surface area contributed by atoms with Crippen molar-refractivity contribution in [2.75, 3.05) is 40.3 Å². The second-order valence-corrected chi connectivity index (χ2v) is 9.94. The number of likely N-dealkylation sites (tertiary alicyclic amines) is 1. The molecule has 2 aromatic rings. The van der Waals surface area contributed by atoms with Crippen molar-refractivity contribution in [2.24, 2.45) is 16.6 Å². The zero-order valence-corrected chi connectivity index (χ0v) is 20.6. The van der Waals surface area contributed by atoms with Crippen LogP contribution < -0.4 is 5.73 Å². The number of hydrogen-bond acceptors (Lipinski definition) is 5. The Kier molecular flexibility index (Phi) is 6.64. The molecule has 2 aliphatic rings. The summed E-state index contributed by atoms with van der Waals surface area (Å²) in [6.45, 7) is 7.00. The first-order valence-corrected chi connectivity index (χ1v) is 11.9. The van der Waals surface area contributed by atoms with Gasteiger partial charge in [-0.15, -0.1) is 0 Å². The highest BCUT2D eigenvalue weighted by molar-refractivity contribution is 5.95. The Morgan fingerprint density at radius 3 is 2.38 bits per heavy atom. The first kappa shape index (κ1) is 23.8. The fourth-order valence-corrected chi connectivity index (χ4v) is 4.99. The summed E-state index contributed by atoms with van der Waals surface area (Å²) in [5, 5.41) is 0. The standard InChI is InChI=1S/C27H35N5O2/c1-19(33)31-13-11-20(12-14-31)17-32-18-27(2,29-26(32)28)24-10-6-8-22(16-24)21-7-5-9-23(15-21)25(34)30(3)4/h5-10,15-16,20H,11-14,17-18H2,1-4H3,(H2,28,29). The summed E-state index contributed by atoms with van der Waals surface area (Å²) >= 11 is 0. The molecule has 0 spiro atoms. The molecule has 0 aromatic heterocycles. The molecule has 4 rings (SSSR count). The minimum Gasteiger partial charge on any atom is -0.370 e. The number of carbonyl (C=O) groups is 2. The third kappa shape index (κ3) is 4.93. The minimum absolute atomic E-state index is 0.0112. The lowest BCUT2D eigenvalue weighted by Crippen LogP contribution is -2.44. The van der Waals surface area contributed by atoms with Crippen LogP contribution in [-0.2, 0) is 10.3 Å². The molecular weight excluding hydrogens is 426 g/mol. The Balaban J connectivity index is 1.49. The molecule has 0 saturated carbocycles. The van der Waals surface area contributed by atoms with Crippen molar-refractivity contribution in [3.05, 3.63) is 59.7 Å². The molecule has 0 aliphatic carbocycles. The van der Waals surface area contributed by atoms with E-state index < -0.39 is 5.54 Å². The van der Waals surface area contributed by atoms with Gasteiger partial charge in [0, 0.05) is 52.8 Å². The molecule has 1 saturated heterocycles. The normalized spacial score (nSPS) is 20.9. The van der Waals surface area contributed by atoms with Gasteiger partial charge in [0.1, 0.15) is 5.54 Å². The van der Waals surface area contributed by atoms with Gasteiger partial charge in [-0.2, -0.15) is 0 Å². The molecule has 0 bridgehead atoms. The summed E-state index contributed by atoms with van der Waals surface area (Å²) in [6.07, 6.45) is 2.00. The third-order valence-corrected chi connectivity index (χ3v) is 7.06. The van der Waals surface area contributed by atoms with Gasteiger partial charge in [-0.05, 0) is 60.6 Å². The number of amides is 2. The van der Waals surface area contributed by atoms with E-state index in [1.165, 1.54) is 0 Å². The molecule has 1 unspecified atom stereocenters. The predicted molar refractivity (Wildman–Crippen MR) is 135 cm³/mol. The molecule has 0 radical (unpaired) electrons. The Bertz CT molecular complexity index is 1100. The lowest BCUT2D eigenvalue weighted by atomic mass is 9.89. The molecule has 1 fully saturated rings. The summed E-state index contributed by atoms with van der Waals surface area (Å²) in [4.78, 5) is 34.6. The van der Waals surface area contributed by atoms with Crippen LogP contribution >= 0.6 is 0 Å². The maximum Gasteiger partial charge on any atom is 0.253 e. The van der Waals surface area contributed by atoms with Crippen molar-refractivity contribution in [3.63, 3.8) is 0 Å². The van der Waals surface area contributed by atoms with E-state index in [1.807, 2.05) is 35.2 Å². The fraction of sp³-hybridized carbons (Fsp3) is 0.444. The SMILES string of the molecule is CC(=O)N1CCC(CN2CC(C)(c3cccc(-c4cccc(C(=O)N(C)C)c4)c3)N=C2N)CC1. The average molecular weight is 462 g/mol. The van der Waals surface area contributed by atoms with E-state index in [0.29, 0.717) is 17.4 Å². The van der Waals surface area contributed by atoms with E-state index >= 15 is 0 Å². The zero-order chi connectivity index (χ0) is 24.5. The number of hydrogen-bond donors (Lipinski definition) is 1. The van der Waals surface area contributed by atoms with Gasteiger partial charge in [-0.3, -0.25) is 9.59 Å². The van der Waals surface area contributed by atoms with Crippen molar-refractivity contribution < 1.29 is 9.59 Å². The van der Waals surface area contributed by atoms with Crippen molar-refractivity contribution in [1.29, 1.82) is 0 Å². The van der Waals surface area contributed by atoms with Crippen LogP contribution in [0.4, 0.5) is 0 Å². The molecule has 2 aliphatic heterocycles. The second kappa shape index (κ2) is 9.49. The molecule has 2 heterocycles. The number of benzene rings is 2. The van der Waals surface area contributed by atoms with Gasteiger partial charge < -0.3 is 20.4 Å². The van der Waals surface area contributed by atoms with Gasteiger partial charge in [0.25, 0.3) is 5.91 Å². The van der Waals surface area contributed by atoms with Crippen molar-refractivity contribution in [1.82, 2.24) is 14.7 Å². The Morgan fingerprint density at radius 1 is 1.09 bits per heavy atom. The fourth-order valence-electron chi connectivity index (χ4n) is 4.99. The van der Waals surface area contributed by atoms with Crippen molar-refractivity contribution in [2.45, 2.75) is 32.2 Å². The van der Waals surface area contributed by atoms with E-state index in [-0.39, 0.29) is 11.8 Å². The van der Waals surface area contributed by atoms with Crippen LogP contribution in [0.1, 0.15) is 42.6 Å². The van der Waals surface area contributed by atoms with Crippen LogP contribution in [0.3, 0.4) is 0 Å². The highest BCUT2D eigenvalue weighted by atomic mass is 16.2. The van der Waals surface area contributed by atoms with Gasteiger partial charge >= 0.3 is 0 Å². The topological polar surface area (TPSA) is 82.2 Å². The van der Waals surface area contributed by atoms with Gasteiger partial charge in [-0.25, -0.2) is 4.99 Å². The zero-order valence-electron chi connectivity index (χ0n) is 20.6. The number of carbonyl (C=O) groups excluding carboxylic acids is 2. The molecule has 180 valence electrons. The van der Waals surface area contributed by atoms with Crippen LogP contribution in [0.2, 0.25) is 0 Å². The van der Waals surface area contributed by atoms with Gasteiger partial charge in [0.2, 0.25) is 5.91 Å². The summed E-state index contributed by atoms with van der Waals surface area (Å²) in [5.74, 6) is 1.24. The van der Waals surface area contributed by atoms with E-state index in [9.17, 15) is 9.59 Å². The van der Waals surface area contributed by atoms with Gasteiger partial charge in [0.15, 0.2) is 5.96 Å². The van der Waals surface area contributed by atoms with Crippen LogP contribution in [0.15, 0.2) is 53.5 Å². The average Bonchev–Trinajstić information content (AvgIpc) is 3.13. The number of nitrogens with zero attached hydrogens (tertiary/aromatic N) is 4. The summed E-state index contributed by atoms with van der Waals surface area (Å²) in [5.41, 5.74) is 9.78. The minimum atomic E-state index is -0.433. The van der Waals surface area contributed by atoms with Crippen LogP contribution in [0.5, 0.6) is 0 Å². The number of guanidine groups is 1. The first-order chi connectivity index (χ1) is 16.2. The van der Waals surface area contributed by atoms with Gasteiger partial charge in [0.05, 0.1) is 0 Å². The number of nitrogens with two attached hydrogens (primary N) is 1. The predicted octanol–water partition coefficient (Wildman–Crippen LogP) is 3.16. The maximum atomic E-state index is 12.4. The molecule has 7 heteroatoms. The largest absolute Gasteiger partial charge is 0.370 e. The lowest BCUT2D eigenvalue weighted by Gasteiger charge is -2.34. The first-order valence-electron chi connectivity index (χ1n) is 11.9. The van der Waals surface area contributed by atoms with Crippen molar-refractivity contribution >= 4 is 17.8 Å². The third-order valence-electron chi connectivity index (χ3n) is 7.06. The molecule has 34 heavy (non-hydrogen) atoms. The van der Waals surface area contributed by atoms with Crippen LogP contribution in [0, 0.1) is 5.92 Å². The van der Waals surface area contributed by atoms with E-state index in [4.69, 9.17) is 10.7 Å². The molecule has 7 nitrogen and oxygen atoms in total. The molecule has 2 N–H and O–H groups in total. The second-order valence-electron chi connectivity index (χ2n) is 9.94. The Morgan fingerprint density at radius 2 is 1.74 bits per heavy atom. The number of rotatable bonds is 5. The summed E-state index contributed by atoms with van der Waals surface area (Å²) < 4.78 is 0. The molecular formula is C27H35N5O2. The Labute approximate surface area is 202 Å². The molecule has 2 aromatic carbocycles. The van der Waals surface area contributed by atoms with Crippen LogP contribution in [-0.4, -0.2) is 72.7 Å². The molecule has 2 amide bonds.